The SMILES string of the molecule is CCNc1cc(C)ccc1C(=O)Nc1cc(Cl)ccc1Cl. The predicted molar refractivity (Wildman–Crippen MR) is 89.8 cm³/mol. The van der Waals surface area contributed by atoms with Crippen LogP contribution in [-0.4, -0.2) is 12.5 Å². The average Bonchev–Trinajstić information content (AvgIpc) is 2.43. The highest BCUT2D eigenvalue weighted by Crippen LogP contribution is 2.27. The number of rotatable bonds is 4. The highest BCUT2D eigenvalue weighted by atomic mass is 35.5. The standard InChI is InChI=1S/C16H16Cl2N2O/c1-3-19-14-8-10(2)4-6-12(14)16(21)20-15-9-11(17)5-7-13(15)18/h4-9,19H,3H2,1-2H3,(H,20,21). The Hall–Kier alpha value is -1.71. The van der Waals surface area contributed by atoms with E-state index >= 15 is 0 Å². The summed E-state index contributed by atoms with van der Waals surface area (Å²) in [4.78, 5) is 12.4. The van der Waals surface area contributed by atoms with E-state index in [2.05, 4.69) is 10.6 Å². The van der Waals surface area contributed by atoms with E-state index in [1.807, 2.05) is 26.0 Å². The number of aryl methyl sites for hydroxylation is 1. The van der Waals surface area contributed by atoms with Gasteiger partial charge in [0.15, 0.2) is 0 Å². The van der Waals surface area contributed by atoms with Crippen LogP contribution in [0.2, 0.25) is 10.0 Å². The summed E-state index contributed by atoms with van der Waals surface area (Å²) in [7, 11) is 0. The van der Waals surface area contributed by atoms with E-state index < -0.39 is 0 Å². The highest BCUT2D eigenvalue weighted by Gasteiger charge is 2.13. The Bertz CT molecular complexity index is 671. The quantitative estimate of drug-likeness (QED) is 0.832. The highest BCUT2D eigenvalue weighted by molar-refractivity contribution is 6.36. The molecule has 2 N–H and O–H groups in total. The maximum atomic E-state index is 12.4. The van der Waals surface area contributed by atoms with Gasteiger partial charge in [0, 0.05) is 17.3 Å². The molecular weight excluding hydrogens is 307 g/mol. The Morgan fingerprint density at radius 3 is 2.57 bits per heavy atom. The molecule has 0 fully saturated rings. The number of amides is 1. The third-order valence-corrected chi connectivity index (χ3v) is 3.53. The van der Waals surface area contributed by atoms with Gasteiger partial charge in [0.2, 0.25) is 0 Å². The first-order valence-corrected chi connectivity index (χ1v) is 7.37. The molecule has 0 saturated carbocycles. The van der Waals surface area contributed by atoms with Crippen molar-refractivity contribution in [3.8, 4) is 0 Å². The second-order valence-electron chi connectivity index (χ2n) is 4.66. The van der Waals surface area contributed by atoms with Crippen LogP contribution < -0.4 is 10.6 Å². The normalized spacial score (nSPS) is 10.3. The van der Waals surface area contributed by atoms with Crippen LogP contribution in [0, 0.1) is 6.92 Å². The fourth-order valence-electron chi connectivity index (χ4n) is 1.98. The summed E-state index contributed by atoms with van der Waals surface area (Å²) in [5.74, 6) is -0.227. The van der Waals surface area contributed by atoms with Crippen molar-refractivity contribution in [1.29, 1.82) is 0 Å². The molecule has 0 aliphatic rings. The summed E-state index contributed by atoms with van der Waals surface area (Å²) in [5, 5.41) is 6.95. The molecular formula is C16H16Cl2N2O. The molecule has 0 atom stereocenters. The third kappa shape index (κ3) is 3.90. The van der Waals surface area contributed by atoms with Gasteiger partial charge in [0.25, 0.3) is 5.91 Å². The predicted octanol–water partition coefficient (Wildman–Crippen LogP) is 4.99. The molecule has 21 heavy (non-hydrogen) atoms. The summed E-state index contributed by atoms with van der Waals surface area (Å²) in [6, 6.07) is 10.6. The van der Waals surface area contributed by atoms with Gasteiger partial charge < -0.3 is 10.6 Å². The maximum absolute atomic E-state index is 12.4. The van der Waals surface area contributed by atoms with E-state index in [1.54, 1.807) is 24.3 Å². The van der Waals surface area contributed by atoms with Gasteiger partial charge in [-0.1, -0.05) is 29.3 Å². The second-order valence-corrected chi connectivity index (χ2v) is 5.50. The minimum absolute atomic E-state index is 0.227. The number of halogens is 2. The van der Waals surface area contributed by atoms with Crippen LogP contribution in [0.5, 0.6) is 0 Å². The molecule has 110 valence electrons. The summed E-state index contributed by atoms with van der Waals surface area (Å²) < 4.78 is 0. The van der Waals surface area contributed by atoms with Crippen molar-refractivity contribution in [3.05, 3.63) is 57.6 Å². The van der Waals surface area contributed by atoms with Crippen molar-refractivity contribution in [3.63, 3.8) is 0 Å². The van der Waals surface area contributed by atoms with Crippen molar-refractivity contribution in [1.82, 2.24) is 0 Å². The molecule has 2 aromatic rings. The van der Waals surface area contributed by atoms with Gasteiger partial charge >= 0.3 is 0 Å². The topological polar surface area (TPSA) is 41.1 Å². The second kappa shape index (κ2) is 6.83. The lowest BCUT2D eigenvalue weighted by Crippen LogP contribution is -2.15. The number of anilines is 2. The fraction of sp³-hybridized carbons (Fsp3) is 0.188. The molecule has 0 aromatic heterocycles. The number of carbonyl (C=O) groups is 1. The van der Waals surface area contributed by atoms with E-state index in [-0.39, 0.29) is 5.91 Å². The molecule has 2 rings (SSSR count). The number of benzene rings is 2. The first-order chi connectivity index (χ1) is 10.0. The van der Waals surface area contributed by atoms with Gasteiger partial charge in [0.1, 0.15) is 0 Å². The molecule has 1 amide bonds. The van der Waals surface area contributed by atoms with E-state index in [0.29, 0.717) is 21.3 Å². The van der Waals surface area contributed by atoms with Crippen LogP contribution in [0.1, 0.15) is 22.8 Å². The molecule has 0 saturated heterocycles. The lowest BCUT2D eigenvalue weighted by atomic mass is 10.1. The molecule has 0 bridgehead atoms. The van der Waals surface area contributed by atoms with Crippen LogP contribution in [0.15, 0.2) is 36.4 Å². The largest absolute Gasteiger partial charge is 0.385 e. The number of hydrogen-bond donors (Lipinski definition) is 2. The molecule has 3 nitrogen and oxygen atoms in total. The Morgan fingerprint density at radius 1 is 1.10 bits per heavy atom. The van der Waals surface area contributed by atoms with Gasteiger partial charge in [-0.2, -0.15) is 0 Å². The summed E-state index contributed by atoms with van der Waals surface area (Å²) >= 11 is 12.0. The van der Waals surface area contributed by atoms with Crippen LogP contribution >= 0.6 is 23.2 Å². The zero-order valence-corrected chi connectivity index (χ0v) is 13.3. The van der Waals surface area contributed by atoms with Crippen LogP contribution in [0.3, 0.4) is 0 Å². The Morgan fingerprint density at radius 2 is 1.86 bits per heavy atom. The molecule has 0 unspecified atom stereocenters. The number of nitrogens with one attached hydrogen (secondary N) is 2. The Balaban J connectivity index is 2.30. The van der Waals surface area contributed by atoms with Crippen LogP contribution in [0.25, 0.3) is 0 Å². The first kappa shape index (κ1) is 15.7. The zero-order valence-electron chi connectivity index (χ0n) is 11.8. The van der Waals surface area contributed by atoms with Crippen molar-refractivity contribution in [2.75, 3.05) is 17.2 Å². The summed E-state index contributed by atoms with van der Waals surface area (Å²) in [5.41, 5.74) is 2.95. The number of carbonyl (C=O) groups excluding carboxylic acids is 1. The summed E-state index contributed by atoms with van der Waals surface area (Å²) in [6.45, 7) is 4.70. The molecule has 0 spiro atoms. The Kier molecular flexibility index (Phi) is 5.10. The first-order valence-electron chi connectivity index (χ1n) is 6.62. The van der Waals surface area contributed by atoms with Crippen LogP contribution in [-0.2, 0) is 0 Å². The van der Waals surface area contributed by atoms with Gasteiger partial charge in [-0.05, 0) is 49.7 Å². The van der Waals surface area contributed by atoms with Crippen molar-refractivity contribution in [2.24, 2.45) is 0 Å². The van der Waals surface area contributed by atoms with Gasteiger partial charge in [-0.15, -0.1) is 0 Å². The zero-order chi connectivity index (χ0) is 15.4. The van der Waals surface area contributed by atoms with Crippen molar-refractivity contribution < 1.29 is 4.79 Å². The molecule has 5 heteroatoms. The number of hydrogen-bond acceptors (Lipinski definition) is 2. The van der Waals surface area contributed by atoms with E-state index in [4.69, 9.17) is 23.2 Å². The van der Waals surface area contributed by atoms with E-state index in [0.717, 1.165) is 17.8 Å². The van der Waals surface area contributed by atoms with Crippen LogP contribution in [0.4, 0.5) is 11.4 Å². The van der Waals surface area contributed by atoms with Gasteiger partial charge in [-0.25, -0.2) is 0 Å². The maximum Gasteiger partial charge on any atom is 0.257 e. The van der Waals surface area contributed by atoms with Gasteiger partial charge in [-0.3, -0.25) is 4.79 Å². The van der Waals surface area contributed by atoms with Crippen molar-refractivity contribution in [2.45, 2.75) is 13.8 Å². The minimum Gasteiger partial charge on any atom is -0.385 e. The molecule has 2 aromatic carbocycles. The molecule has 0 aliphatic carbocycles. The molecule has 0 aliphatic heterocycles. The molecule has 0 radical (unpaired) electrons. The minimum atomic E-state index is -0.227. The summed E-state index contributed by atoms with van der Waals surface area (Å²) in [6.07, 6.45) is 0. The lowest BCUT2D eigenvalue weighted by Gasteiger charge is -2.13. The smallest absolute Gasteiger partial charge is 0.257 e. The fourth-order valence-corrected chi connectivity index (χ4v) is 2.31. The Labute approximate surface area is 134 Å². The molecule has 0 heterocycles. The monoisotopic (exact) mass is 322 g/mol. The lowest BCUT2D eigenvalue weighted by molar-refractivity contribution is 0.102. The van der Waals surface area contributed by atoms with Gasteiger partial charge in [0.05, 0.1) is 16.3 Å². The van der Waals surface area contributed by atoms with E-state index in [1.165, 1.54) is 0 Å². The van der Waals surface area contributed by atoms with Crippen molar-refractivity contribution >= 4 is 40.5 Å². The average molecular weight is 323 g/mol. The third-order valence-electron chi connectivity index (χ3n) is 2.96. The van der Waals surface area contributed by atoms with E-state index in [9.17, 15) is 4.79 Å².